The van der Waals surface area contributed by atoms with Crippen molar-refractivity contribution in [1.29, 1.82) is 0 Å². The van der Waals surface area contributed by atoms with E-state index in [2.05, 4.69) is 12.2 Å². The molecule has 1 rings (SSSR count). The third-order valence-corrected chi connectivity index (χ3v) is 3.06. The van der Waals surface area contributed by atoms with Gasteiger partial charge >= 0.3 is 5.97 Å². The van der Waals surface area contributed by atoms with Crippen LogP contribution >= 0.6 is 0 Å². The number of nitrogens with two attached hydrogens (primary N) is 1. The molecule has 0 saturated heterocycles. The van der Waals surface area contributed by atoms with Crippen molar-refractivity contribution in [2.75, 3.05) is 18.4 Å². The van der Waals surface area contributed by atoms with Crippen molar-refractivity contribution in [1.82, 2.24) is 0 Å². The lowest BCUT2D eigenvalue weighted by molar-refractivity contribution is -0.141. The zero-order valence-electron chi connectivity index (χ0n) is 10.8. The minimum absolute atomic E-state index is 0.214. The Labute approximate surface area is 108 Å². The fourth-order valence-corrected chi connectivity index (χ4v) is 1.92. The van der Waals surface area contributed by atoms with E-state index in [4.69, 9.17) is 10.8 Å². The highest BCUT2D eigenvalue weighted by Gasteiger charge is 2.18. The van der Waals surface area contributed by atoms with Gasteiger partial charge in [0.15, 0.2) is 0 Å². The first-order valence-electron chi connectivity index (χ1n) is 6.35. The molecular formula is C14H22N2O2. The second-order valence-corrected chi connectivity index (χ2v) is 4.69. The lowest BCUT2D eigenvalue weighted by atomic mass is 9.93. The summed E-state index contributed by atoms with van der Waals surface area (Å²) in [5.74, 6) is -0.858. The standard InChI is InChI=1S/C14H22N2O2/c1-11(9-12(10-15)14(17)18)7-8-16-13-5-3-2-4-6-13/h2-6,11-12,16H,7-10,15H2,1H3,(H,17,18)/t11-,12+/m0/s1. The first-order chi connectivity index (χ1) is 8.63. The summed E-state index contributed by atoms with van der Waals surface area (Å²) >= 11 is 0. The summed E-state index contributed by atoms with van der Waals surface area (Å²) in [5, 5.41) is 12.2. The molecule has 0 fully saturated rings. The number of carboxylic acids is 1. The number of rotatable bonds is 8. The SMILES string of the molecule is C[C@@H](CCNc1ccccc1)C[C@H](CN)C(=O)O. The van der Waals surface area contributed by atoms with Gasteiger partial charge in [-0.05, 0) is 30.9 Å². The fraction of sp³-hybridized carbons (Fsp3) is 0.500. The molecule has 0 saturated carbocycles. The van der Waals surface area contributed by atoms with Crippen molar-refractivity contribution < 1.29 is 9.90 Å². The summed E-state index contributed by atoms with van der Waals surface area (Å²) in [6.45, 7) is 3.13. The van der Waals surface area contributed by atoms with E-state index >= 15 is 0 Å². The van der Waals surface area contributed by atoms with Crippen molar-refractivity contribution >= 4 is 11.7 Å². The van der Waals surface area contributed by atoms with Gasteiger partial charge in [-0.15, -0.1) is 0 Å². The predicted molar refractivity (Wildman–Crippen MR) is 73.5 cm³/mol. The van der Waals surface area contributed by atoms with Crippen LogP contribution in [0.15, 0.2) is 30.3 Å². The quantitative estimate of drug-likeness (QED) is 0.661. The molecule has 0 heterocycles. The van der Waals surface area contributed by atoms with Crippen LogP contribution in [0.3, 0.4) is 0 Å². The highest BCUT2D eigenvalue weighted by atomic mass is 16.4. The van der Waals surface area contributed by atoms with Crippen LogP contribution in [-0.2, 0) is 4.79 Å². The van der Waals surface area contributed by atoms with Crippen molar-refractivity contribution in [3.05, 3.63) is 30.3 Å². The monoisotopic (exact) mass is 250 g/mol. The zero-order valence-corrected chi connectivity index (χ0v) is 10.8. The van der Waals surface area contributed by atoms with Gasteiger partial charge < -0.3 is 16.2 Å². The Morgan fingerprint density at radius 2 is 2.06 bits per heavy atom. The molecule has 0 spiro atoms. The number of anilines is 1. The van der Waals surface area contributed by atoms with E-state index in [1.807, 2.05) is 30.3 Å². The third kappa shape index (κ3) is 5.19. The number of benzene rings is 1. The average Bonchev–Trinajstić information content (AvgIpc) is 2.37. The largest absolute Gasteiger partial charge is 0.481 e. The third-order valence-electron chi connectivity index (χ3n) is 3.06. The number of carbonyl (C=O) groups is 1. The van der Waals surface area contributed by atoms with Crippen molar-refractivity contribution in [3.8, 4) is 0 Å². The molecule has 0 aliphatic heterocycles. The van der Waals surface area contributed by atoms with Gasteiger partial charge in [-0.25, -0.2) is 0 Å². The molecular weight excluding hydrogens is 228 g/mol. The van der Waals surface area contributed by atoms with Crippen LogP contribution in [0.1, 0.15) is 19.8 Å². The van der Waals surface area contributed by atoms with Crippen LogP contribution in [0, 0.1) is 11.8 Å². The van der Waals surface area contributed by atoms with E-state index in [-0.39, 0.29) is 6.54 Å². The second-order valence-electron chi connectivity index (χ2n) is 4.69. The van der Waals surface area contributed by atoms with E-state index in [0.29, 0.717) is 12.3 Å². The van der Waals surface area contributed by atoms with E-state index in [1.54, 1.807) is 0 Å². The molecule has 4 N–H and O–H groups in total. The molecule has 18 heavy (non-hydrogen) atoms. The maximum Gasteiger partial charge on any atom is 0.307 e. The fourth-order valence-electron chi connectivity index (χ4n) is 1.92. The Morgan fingerprint density at radius 3 is 2.61 bits per heavy atom. The molecule has 4 heteroatoms. The van der Waals surface area contributed by atoms with Gasteiger partial charge in [0.25, 0.3) is 0 Å². The maximum atomic E-state index is 10.9. The van der Waals surface area contributed by atoms with Crippen molar-refractivity contribution in [3.63, 3.8) is 0 Å². The summed E-state index contributed by atoms with van der Waals surface area (Å²) in [5.41, 5.74) is 6.54. The maximum absolute atomic E-state index is 10.9. The number of hydrogen-bond acceptors (Lipinski definition) is 3. The summed E-state index contributed by atoms with van der Waals surface area (Å²) in [7, 11) is 0. The van der Waals surface area contributed by atoms with Gasteiger partial charge in [0.1, 0.15) is 0 Å². The smallest absolute Gasteiger partial charge is 0.307 e. The van der Waals surface area contributed by atoms with Crippen LogP contribution in [-0.4, -0.2) is 24.2 Å². The molecule has 4 nitrogen and oxygen atoms in total. The Morgan fingerprint density at radius 1 is 1.39 bits per heavy atom. The molecule has 1 aromatic rings. The molecule has 0 aliphatic carbocycles. The van der Waals surface area contributed by atoms with E-state index in [9.17, 15) is 4.79 Å². The molecule has 0 aromatic heterocycles. The summed E-state index contributed by atoms with van der Waals surface area (Å²) in [6, 6.07) is 9.99. The topological polar surface area (TPSA) is 75.3 Å². The Hall–Kier alpha value is -1.55. The molecule has 0 amide bonds. The number of aliphatic carboxylic acids is 1. The van der Waals surface area contributed by atoms with E-state index in [0.717, 1.165) is 18.7 Å². The highest BCUT2D eigenvalue weighted by Crippen LogP contribution is 2.15. The average molecular weight is 250 g/mol. The summed E-state index contributed by atoms with van der Waals surface area (Å²) < 4.78 is 0. The molecule has 0 radical (unpaired) electrons. The van der Waals surface area contributed by atoms with Crippen LogP contribution in [0.4, 0.5) is 5.69 Å². The van der Waals surface area contributed by atoms with Gasteiger partial charge in [-0.3, -0.25) is 4.79 Å². The first kappa shape index (κ1) is 14.5. The van der Waals surface area contributed by atoms with Gasteiger partial charge in [0.2, 0.25) is 0 Å². The van der Waals surface area contributed by atoms with Crippen LogP contribution in [0.25, 0.3) is 0 Å². The first-order valence-corrected chi connectivity index (χ1v) is 6.35. The Kier molecular flexibility index (Phi) is 6.22. The molecule has 1 aromatic carbocycles. The van der Waals surface area contributed by atoms with E-state index in [1.165, 1.54) is 0 Å². The number of hydrogen-bond donors (Lipinski definition) is 3. The van der Waals surface area contributed by atoms with Gasteiger partial charge in [-0.1, -0.05) is 25.1 Å². The highest BCUT2D eigenvalue weighted by molar-refractivity contribution is 5.70. The number of carboxylic acid groups (broad SMARTS) is 1. The zero-order chi connectivity index (χ0) is 13.4. The molecule has 0 aliphatic rings. The Balaban J connectivity index is 2.25. The minimum atomic E-state index is -0.791. The second kappa shape index (κ2) is 7.71. The van der Waals surface area contributed by atoms with Crippen LogP contribution in [0.2, 0.25) is 0 Å². The van der Waals surface area contributed by atoms with Gasteiger partial charge in [-0.2, -0.15) is 0 Å². The molecule has 100 valence electrons. The summed E-state index contributed by atoms with van der Waals surface area (Å²) in [6.07, 6.45) is 1.58. The minimum Gasteiger partial charge on any atom is -0.481 e. The van der Waals surface area contributed by atoms with Gasteiger partial charge in [0.05, 0.1) is 5.92 Å². The Bertz CT molecular complexity index is 354. The van der Waals surface area contributed by atoms with Gasteiger partial charge in [0, 0.05) is 18.8 Å². The summed E-state index contributed by atoms with van der Waals surface area (Å²) in [4.78, 5) is 10.9. The lowest BCUT2D eigenvalue weighted by Crippen LogP contribution is -2.25. The normalized spacial score (nSPS) is 13.9. The molecule has 2 atom stereocenters. The predicted octanol–water partition coefficient (Wildman–Crippen LogP) is 2.17. The number of nitrogens with one attached hydrogen (secondary N) is 1. The molecule has 0 bridgehead atoms. The van der Waals surface area contributed by atoms with Crippen LogP contribution in [0.5, 0.6) is 0 Å². The number of para-hydroxylation sites is 1. The van der Waals surface area contributed by atoms with Crippen LogP contribution < -0.4 is 11.1 Å². The van der Waals surface area contributed by atoms with E-state index < -0.39 is 11.9 Å². The lowest BCUT2D eigenvalue weighted by Gasteiger charge is -2.16. The van der Waals surface area contributed by atoms with Crippen molar-refractivity contribution in [2.24, 2.45) is 17.6 Å². The van der Waals surface area contributed by atoms with Crippen molar-refractivity contribution in [2.45, 2.75) is 19.8 Å². The molecule has 0 unspecified atom stereocenters.